The fourth-order valence-corrected chi connectivity index (χ4v) is 3.65. The van der Waals surface area contributed by atoms with Crippen LogP contribution in [0.2, 0.25) is 0 Å². The molecule has 6 heteroatoms. The molecule has 1 aliphatic carbocycles. The first-order valence-corrected chi connectivity index (χ1v) is 9.10. The van der Waals surface area contributed by atoms with Gasteiger partial charge in [0.25, 0.3) is 0 Å². The Labute approximate surface area is 153 Å². The van der Waals surface area contributed by atoms with E-state index in [4.69, 9.17) is 9.52 Å². The van der Waals surface area contributed by atoms with Crippen molar-refractivity contribution in [3.63, 3.8) is 0 Å². The maximum atomic E-state index is 12.4. The molecule has 1 heterocycles. The third-order valence-electron chi connectivity index (χ3n) is 5.43. The maximum Gasteiger partial charge on any atom is 0.317 e. The third-order valence-corrected chi connectivity index (χ3v) is 5.43. The lowest BCUT2D eigenvalue weighted by Gasteiger charge is -2.42. The maximum absolute atomic E-state index is 12.4. The van der Waals surface area contributed by atoms with Crippen LogP contribution >= 0.6 is 0 Å². The molecule has 0 saturated heterocycles. The normalized spacial score (nSPS) is 19.5. The number of hydrogen-bond donors (Lipinski definition) is 2. The zero-order valence-corrected chi connectivity index (χ0v) is 15.5. The molecule has 2 N–H and O–H groups in total. The number of hydrogen-bond acceptors (Lipinski definition) is 4. The summed E-state index contributed by atoms with van der Waals surface area (Å²) < 4.78 is 5.66. The van der Waals surface area contributed by atoms with Crippen LogP contribution in [0.25, 0.3) is 11.0 Å². The van der Waals surface area contributed by atoms with E-state index in [-0.39, 0.29) is 24.5 Å². The highest BCUT2D eigenvalue weighted by molar-refractivity contribution is 5.89. The Balaban J connectivity index is 1.55. The SMILES string of the molecule is CCN(CC(=O)O)C1CC(NC(=O)Cc2coc3c(C)c(C)ccc23)C1. The van der Waals surface area contributed by atoms with Crippen molar-refractivity contribution >= 4 is 22.8 Å². The number of nitrogens with one attached hydrogen (secondary N) is 1. The number of carbonyl (C=O) groups excluding carboxylic acids is 1. The predicted octanol–water partition coefficient (Wildman–Crippen LogP) is 2.65. The summed E-state index contributed by atoms with van der Waals surface area (Å²) in [6.07, 6.45) is 3.57. The molecule has 6 nitrogen and oxygen atoms in total. The summed E-state index contributed by atoms with van der Waals surface area (Å²) in [5.74, 6) is -0.827. The minimum atomic E-state index is -0.809. The fraction of sp³-hybridized carbons (Fsp3) is 0.500. The first kappa shape index (κ1) is 18.5. The number of benzene rings is 1. The smallest absolute Gasteiger partial charge is 0.317 e. The number of nitrogens with zero attached hydrogens (tertiary/aromatic N) is 1. The summed E-state index contributed by atoms with van der Waals surface area (Å²) >= 11 is 0. The monoisotopic (exact) mass is 358 g/mol. The molecule has 2 aromatic rings. The van der Waals surface area contributed by atoms with Crippen LogP contribution in [-0.2, 0) is 16.0 Å². The van der Waals surface area contributed by atoms with Crippen molar-refractivity contribution in [2.45, 2.75) is 52.1 Å². The lowest BCUT2D eigenvalue weighted by Crippen LogP contribution is -2.55. The predicted molar refractivity (Wildman–Crippen MR) is 99.2 cm³/mol. The van der Waals surface area contributed by atoms with E-state index < -0.39 is 5.97 Å². The first-order chi connectivity index (χ1) is 12.4. The van der Waals surface area contributed by atoms with Gasteiger partial charge >= 0.3 is 5.97 Å². The molecule has 1 amide bonds. The van der Waals surface area contributed by atoms with Gasteiger partial charge in [-0.15, -0.1) is 0 Å². The fourth-order valence-electron chi connectivity index (χ4n) is 3.65. The van der Waals surface area contributed by atoms with Crippen LogP contribution in [0.1, 0.15) is 36.5 Å². The second-order valence-electron chi connectivity index (χ2n) is 7.17. The van der Waals surface area contributed by atoms with E-state index in [1.165, 1.54) is 5.56 Å². The van der Waals surface area contributed by atoms with Crippen molar-refractivity contribution in [1.29, 1.82) is 0 Å². The summed E-state index contributed by atoms with van der Waals surface area (Å²) in [7, 11) is 0. The van der Waals surface area contributed by atoms with Crippen LogP contribution in [0.5, 0.6) is 0 Å². The number of aliphatic carboxylic acids is 1. The molecule has 0 spiro atoms. The lowest BCUT2D eigenvalue weighted by molar-refractivity contribution is -0.139. The van der Waals surface area contributed by atoms with Gasteiger partial charge in [-0.05, 0) is 44.4 Å². The molecule has 1 fully saturated rings. The minimum Gasteiger partial charge on any atom is -0.480 e. The van der Waals surface area contributed by atoms with Crippen LogP contribution in [0.3, 0.4) is 0 Å². The molecular formula is C20H26N2O4. The zero-order valence-electron chi connectivity index (χ0n) is 15.5. The molecule has 0 radical (unpaired) electrons. The zero-order chi connectivity index (χ0) is 18.8. The molecular weight excluding hydrogens is 332 g/mol. The highest BCUT2D eigenvalue weighted by atomic mass is 16.4. The van der Waals surface area contributed by atoms with E-state index in [1.54, 1.807) is 6.26 Å². The Morgan fingerprint density at radius 1 is 1.31 bits per heavy atom. The minimum absolute atomic E-state index is 0.0179. The van der Waals surface area contributed by atoms with Crippen molar-refractivity contribution in [2.75, 3.05) is 13.1 Å². The van der Waals surface area contributed by atoms with Crippen molar-refractivity contribution in [3.05, 3.63) is 35.1 Å². The Morgan fingerprint density at radius 2 is 2.04 bits per heavy atom. The van der Waals surface area contributed by atoms with Gasteiger partial charge in [-0.3, -0.25) is 14.5 Å². The molecule has 0 unspecified atom stereocenters. The molecule has 1 aromatic carbocycles. The van der Waals surface area contributed by atoms with Crippen molar-refractivity contribution in [1.82, 2.24) is 10.2 Å². The Morgan fingerprint density at radius 3 is 2.69 bits per heavy atom. The van der Waals surface area contributed by atoms with E-state index in [2.05, 4.69) is 5.32 Å². The quantitative estimate of drug-likeness (QED) is 0.795. The Hall–Kier alpha value is -2.34. The van der Waals surface area contributed by atoms with Crippen LogP contribution in [0.4, 0.5) is 0 Å². The summed E-state index contributed by atoms with van der Waals surface area (Å²) in [6.45, 7) is 6.79. The molecule has 1 aliphatic rings. The molecule has 0 bridgehead atoms. The Kier molecular flexibility index (Phi) is 5.32. The number of furan rings is 1. The van der Waals surface area contributed by atoms with Crippen LogP contribution < -0.4 is 5.32 Å². The number of carbonyl (C=O) groups is 2. The van der Waals surface area contributed by atoms with E-state index >= 15 is 0 Å². The second-order valence-corrected chi connectivity index (χ2v) is 7.17. The topological polar surface area (TPSA) is 82.8 Å². The van der Waals surface area contributed by atoms with Gasteiger partial charge in [0.1, 0.15) is 5.58 Å². The molecule has 140 valence electrons. The van der Waals surface area contributed by atoms with Gasteiger partial charge in [-0.1, -0.05) is 19.1 Å². The average Bonchev–Trinajstić information content (AvgIpc) is 2.95. The number of aryl methyl sites for hydroxylation is 2. The summed E-state index contributed by atoms with van der Waals surface area (Å²) in [4.78, 5) is 25.2. The van der Waals surface area contributed by atoms with Gasteiger partial charge in [0.2, 0.25) is 5.91 Å². The number of amides is 1. The number of carboxylic acids is 1. The summed E-state index contributed by atoms with van der Waals surface area (Å²) in [5, 5.41) is 13.0. The number of carboxylic acid groups (broad SMARTS) is 1. The second kappa shape index (κ2) is 7.50. The number of likely N-dealkylation sites (N-methyl/N-ethyl adjacent to an activating group) is 1. The molecule has 3 rings (SSSR count). The summed E-state index contributed by atoms with van der Waals surface area (Å²) in [5.41, 5.74) is 4.03. The molecule has 0 aliphatic heterocycles. The molecule has 26 heavy (non-hydrogen) atoms. The third kappa shape index (κ3) is 3.75. The van der Waals surface area contributed by atoms with E-state index in [9.17, 15) is 9.59 Å². The van der Waals surface area contributed by atoms with Gasteiger partial charge in [-0.25, -0.2) is 0 Å². The highest BCUT2D eigenvalue weighted by Crippen LogP contribution is 2.28. The van der Waals surface area contributed by atoms with Crippen molar-refractivity contribution < 1.29 is 19.1 Å². The van der Waals surface area contributed by atoms with E-state index in [0.717, 1.165) is 34.9 Å². The van der Waals surface area contributed by atoms with Gasteiger partial charge in [-0.2, -0.15) is 0 Å². The number of fused-ring (bicyclic) bond motifs is 1. The van der Waals surface area contributed by atoms with E-state index in [0.29, 0.717) is 13.0 Å². The molecule has 1 aromatic heterocycles. The summed E-state index contributed by atoms with van der Waals surface area (Å²) in [6, 6.07) is 4.42. The lowest BCUT2D eigenvalue weighted by atomic mass is 9.85. The average molecular weight is 358 g/mol. The van der Waals surface area contributed by atoms with Crippen LogP contribution in [0, 0.1) is 13.8 Å². The van der Waals surface area contributed by atoms with Crippen LogP contribution in [-0.4, -0.2) is 47.1 Å². The van der Waals surface area contributed by atoms with E-state index in [1.807, 2.05) is 37.8 Å². The van der Waals surface area contributed by atoms with Gasteiger partial charge in [0.15, 0.2) is 0 Å². The standard InChI is InChI=1S/C20H26N2O4/c1-4-22(10-19(24)25)16-8-15(9-16)21-18(23)7-14-11-26-20-13(3)12(2)5-6-17(14)20/h5-6,11,15-16H,4,7-10H2,1-3H3,(H,21,23)(H,24,25). The van der Waals surface area contributed by atoms with Gasteiger partial charge in [0.05, 0.1) is 19.2 Å². The first-order valence-electron chi connectivity index (χ1n) is 9.10. The van der Waals surface area contributed by atoms with Gasteiger partial charge < -0.3 is 14.8 Å². The Bertz CT molecular complexity index is 821. The van der Waals surface area contributed by atoms with Crippen LogP contribution in [0.15, 0.2) is 22.8 Å². The molecule has 0 atom stereocenters. The molecule has 1 saturated carbocycles. The highest BCUT2D eigenvalue weighted by Gasteiger charge is 2.34. The van der Waals surface area contributed by atoms with Crippen molar-refractivity contribution in [3.8, 4) is 0 Å². The largest absolute Gasteiger partial charge is 0.480 e. The number of rotatable bonds is 7. The van der Waals surface area contributed by atoms with Crippen molar-refractivity contribution in [2.24, 2.45) is 0 Å². The van der Waals surface area contributed by atoms with Gasteiger partial charge in [0, 0.05) is 23.0 Å².